The van der Waals surface area contributed by atoms with Gasteiger partial charge in [0.25, 0.3) is 5.91 Å². The Morgan fingerprint density at radius 3 is 2.50 bits per heavy atom. The topological polar surface area (TPSA) is 125 Å². The standard InChI is InChI=1S/C17H21N3O6/c1-17(11-5-7-12(26-2)8-6-11)15(24)20(16(25)19-17)10-13(21)18-9-3-4-14(22)23/h5-8H,3-4,9-10H2,1-2H3,(H,18,21)(H,19,25)(H,22,23). The molecule has 1 saturated heterocycles. The summed E-state index contributed by atoms with van der Waals surface area (Å²) in [6.45, 7) is 1.30. The van der Waals surface area contributed by atoms with Crippen LogP contribution >= 0.6 is 0 Å². The van der Waals surface area contributed by atoms with E-state index in [1.54, 1.807) is 31.2 Å². The average molecular weight is 363 g/mol. The van der Waals surface area contributed by atoms with Crippen LogP contribution in [0.25, 0.3) is 0 Å². The van der Waals surface area contributed by atoms with Crippen LogP contribution in [0.2, 0.25) is 0 Å². The highest BCUT2D eigenvalue weighted by molar-refractivity contribution is 6.09. The number of methoxy groups -OCH3 is 1. The van der Waals surface area contributed by atoms with Gasteiger partial charge in [-0.3, -0.25) is 19.3 Å². The zero-order valence-corrected chi connectivity index (χ0v) is 14.6. The van der Waals surface area contributed by atoms with Gasteiger partial charge >= 0.3 is 12.0 Å². The van der Waals surface area contributed by atoms with Gasteiger partial charge < -0.3 is 20.5 Å². The zero-order chi connectivity index (χ0) is 19.3. The highest BCUT2D eigenvalue weighted by Crippen LogP contribution is 2.29. The van der Waals surface area contributed by atoms with Crippen LogP contribution < -0.4 is 15.4 Å². The largest absolute Gasteiger partial charge is 0.497 e. The fourth-order valence-electron chi connectivity index (χ4n) is 2.63. The molecule has 0 bridgehead atoms. The highest BCUT2D eigenvalue weighted by Gasteiger charge is 2.49. The van der Waals surface area contributed by atoms with Gasteiger partial charge in [0.1, 0.15) is 17.8 Å². The fourth-order valence-corrected chi connectivity index (χ4v) is 2.63. The Morgan fingerprint density at radius 2 is 1.92 bits per heavy atom. The number of carboxylic acids is 1. The Bertz CT molecular complexity index is 718. The van der Waals surface area contributed by atoms with E-state index in [0.717, 1.165) is 4.90 Å². The average Bonchev–Trinajstić information content (AvgIpc) is 2.83. The first-order chi connectivity index (χ1) is 12.3. The van der Waals surface area contributed by atoms with Crippen LogP contribution in [0.3, 0.4) is 0 Å². The summed E-state index contributed by atoms with van der Waals surface area (Å²) >= 11 is 0. The van der Waals surface area contributed by atoms with E-state index in [0.29, 0.717) is 11.3 Å². The SMILES string of the molecule is COc1ccc(C2(C)NC(=O)N(CC(=O)NCCCC(=O)O)C2=O)cc1. The van der Waals surface area contributed by atoms with Crippen molar-refractivity contribution < 1.29 is 29.0 Å². The number of nitrogens with zero attached hydrogens (tertiary/aromatic N) is 1. The number of aliphatic carboxylic acids is 1. The van der Waals surface area contributed by atoms with Crippen molar-refractivity contribution in [3.8, 4) is 5.75 Å². The second-order valence-corrected chi connectivity index (χ2v) is 6.02. The quantitative estimate of drug-likeness (QED) is 0.455. The van der Waals surface area contributed by atoms with Gasteiger partial charge in [-0.2, -0.15) is 0 Å². The van der Waals surface area contributed by atoms with Gasteiger partial charge in [-0.15, -0.1) is 0 Å². The van der Waals surface area contributed by atoms with Crippen LogP contribution in [0.15, 0.2) is 24.3 Å². The number of nitrogens with one attached hydrogen (secondary N) is 2. The molecule has 1 heterocycles. The van der Waals surface area contributed by atoms with Crippen LogP contribution in [-0.2, 0) is 19.9 Å². The van der Waals surface area contributed by atoms with E-state index < -0.39 is 35.9 Å². The molecule has 1 aromatic carbocycles. The molecule has 0 aliphatic carbocycles. The monoisotopic (exact) mass is 363 g/mol. The number of urea groups is 1. The number of carbonyl (C=O) groups is 4. The minimum Gasteiger partial charge on any atom is -0.497 e. The van der Waals surface area contributed by atoms with E-state index in [4.69, 9.17) is 9.84 Å². The van der Waals surface area contributed by atoms with Crippen LogP contribution in [0.4, 0.5) is 4.79 Å². The normalized spacial score (nSPS) is 19.2. The second kappa shape index (κ2) is 7.85. The third-order valence-electron chi connectivity index (χ3n) is 4.13. The number of benzene rings is 1. The van der Waals surface area contributed by atoms with Crippen molar-refractivity contribution in [2.45, 2.75) is 25.3 Å². The van der Waals surface area contributed by atoms with Crippen molar-refractivity contribution in [2.75, 3.05) is 20.2 Å². The summed E-state index contributed by atoms with van der Waals surface area (Å²) < 4.78 is 5.08. The Hall–Kier alpha value is -3.10. The molecule has 1 aliphatic rings. The van der Waals surface area contributed by atoms with Gasteiger partial charge in [0.15, 0.2) is 0 Å². The van der Waals surface area contributed by atoms with Crippen LogP contribution in [0.5, 0.6) is 5.75 Å². The van der Waals surface area contributed by atoms with E-state index in [1.807, 2.05) is 0 Å². The van der Waals surface area contributed by atoms with Gasteiger partial charge in [-0.1, -0.05) is 12.1 Å². The lowest BCUT2D eigenvalue weighted by molar-refractivity contribution is -0.137. The van der Waals surface area contributed by atoms with Crippen molar-refractivity contribution in [3.05, 3.63) is 29.8 Å². The van der Waals surface area contributed by atoms with Crippen molar-refractivity contribution in [2.24, 2.45) is 0 Å². The summed E-state index contributed by atoms with van der Waals surface area (Å²) in [5.74, 6) is -1.40. The number of hydrogen-bond donors (Lipinski definition) is 3. The van der Waals surface area contributed by atoms with Crippen molar-refractivity contribution in [3.63, 3.8) is 0 Å². The first-order valence-electron chi connectivity index (χ1n) is 8.05. The maximum absolute atomic E-state index is 12.7. The van der Waals surface area contributed by atoms with Crippen LogP contribution in [-0.4, -0.2) is 54.0 Å². The minimum absolute atomic E-state index is 0.0705. The molecular weight excluding hydrogens is 342 g/mol. The maximum Gasteiger partial charge on any atom is 0.325 e. The predicted molar refractivity (Wildman–Crippen MR) is 90.5 cm³/mol. The molecule has 9 nitrogen and oxygen atoms in total. The van der Waals surface area contributed by atoms with E-state index in [9.17, 15) is 19.2 Å². The first-order valence-corrected chi connectivity index (χ1v) is 8.05. The molecule has 140 valence electrons. The summed E-state index contributed by atoms with van der Waals surface area (Å²) in [5.41, 5.74) is -0.701. The Morgan fingerprint density at radius 1 is 1.27 bits per heavy atom. The lowest BCUT2D eigenvalue weighted by atomic mass is 9.92. The van der Waals surface area contributed by atoms with Crippen molar-refractivity contribution >= 4 is 23.8 Å². The van der Waals surface area contributed by atoms with E-state index in [2.05, 4.69) is 10.6 Å². The van der Waals surface area contributed by atoms with Crippen molar-refractivity contribution in [1.82, 2.24) is 15.5 Å². The molecule has 1 aliphatic heterocycles. The Balaban J connectivity index is 2.00. The number of amides is 4. The molecule has 3 N–H and O–H groups in total. The second-order valence-electron chi connectivity index (χ2n) is 6.02. The molecule has 9 heteroatoms. The summed E-state index contributed by atoms with van der Waals surface area (Å²) in [4.78, 5) is 48.1. The molecule has 0 saturated carbocycles. The number of ether oxygens (including phenoxy) is 1. The molecule has 1 atom stereocenters. The lowest BCUT2D eigenvalue weighted by Gasteiger charge is -2.22. The molecule has 26 heavy (non-hydrogen) atoms. The third-order valence-corrected chi connectivity index (χ3v) is 4.13. The summed E-state index contributed by atoms with van der Waals surface area (Å²) in [6, 6.07) is 6.04. The summed E-state index contributed by atoms with van der Waals surface area (Å²) in [5, 5.41) is 13.7. The number of hydrogen-bond acceptors (Lipinski definition) is 5. The zero-order valence-electron chi connectivity index (χ0n) is 14.6. The predicted octanol–water partition coefficient (Wildman–Crippen LogP) is 0.443. The number of carbonyl (C=O) groups excluding carboxylic acids is 3. The van der Waals surface area contributed by atoms with Gasteiger partial charge in [0, 0.05) is 13.0 Å². The molecule has 0 aromatic heterocycles. The Labute approximate surface area is 150 Å². The fraction of sp³-hybridized carbons (Fsp3) is 0.412. The number of imide groups is 1. The molecule has 2 rings (SSSR count). The molecule has 1 unspecified atom stereocenters. The molecule has 1 aromatic rings. The maximum atomic E-state index is 12.7. The third kappa shape index (κ3) is 4.11. The van der Waals surface area contributed by atoms with Gasteiger partial charge in [0.05, 0.1) is 7.11 Å². The molecule has 0 spiro atoms. The summed E-state index contributed by atoms with van der Waals surface area (Å²) in [7, 11) is 1.52. The van der Waals surface area contributed by atoms with Gasteiger partial charge in [-0.25, -0.2) is 4.79 Å². The minimum atomic E-state index is -1.27. The Kier molecular flexibility index (Phi) is 5.81. The highest BCUT2D eigenvalue weighted by atomic mass is 16.5. The van der Waals surface area contributed by atoms with E-state index in [-0.39, 0.29) is 19.4 Å². The molecule has 4 amide bonds. The number of rotatable bonds is 8. The van der Waals surface area contributed by atoms with Gasteiger partial charge in [0.2, 0.25) is 5.91 Å². The van der Waals surface area contributed by atoms with Crippen LogP contribution in [0.1, 0.15) is 25.3 Å². The molecular formula is C17H21N3O6. The molecule has 1 fully saturated rings. The van der Waals surface area contributed by atoms with E-state index >= 15 is 0 Å². The smallest absolute Gasteiger partial charge is 0.325 e. The van der Waals surface area contributed by atoms with Crippen molar-refractivity contribution in [1.29, 1.82) is 0 Å². The number of carboxylic acid groups (broad SMARTS) is 1. The van der Waals surface area contributed by atoms with Gasteiger partial charge in [-0.05, 0) is 31.0 Å². The van der Waals surface area contributed by atoms with Crippen LogP contribution in [0, 0.1) is 0 Å². The van der Waals surface area contributed by atoms with E-state index in [1.165, 1.54) is 7.11 Å². The lowest BCUT2D eigenvalue weighted by Crippen LogP contribution is -2.43. The first kappa shape index (κ1) is 19.2. The molecule has 0 radical (unpaired) electrons. The summed E-state index contributed by atoms with van der Waals surface area (Å²) in [6.07, 6.45) is 0.198.